The summed E-state index contributed by atoms with van der Waals surface area (Å²) in [6.45, 7) is 3.70. The molecule has 13 heavy (non-hydrogen) atoms. The molecule has 0 spiro atoms. The highest BCUT2D eigenvalue weighted by molar-refractivity contribution is 4.94. The largest absolute Gasteiger partial charge is 0.384 e. The third-order valence-corrected chi connectivity index (χ3v) is 2.38. The lowest BCUT2D eigenvalue weighted by molar-refractivity contribution is 0.144. The van der Waals surface area contributed by atoms with Gasteiger partial charge >= 0.3 is 0 Å². The predicted octanol–water partition coefficient (Wildman–Crippen LogP) is 0.249. The minimum Gasteiger partial charge on any atom is -0.384 e. The molecule has 0 radical (unpaired) electrons. The second kappa shape index (κ2) is 3.89. The molecule has 1 aromatic heterocycles. The van der Waals surface area contributed by atoms with Gasteiger partial charge in [0.15, 0.2) is 0 Å². The quantitative estimate of drug-likeness (QED) is 0.710. The Bertz CT molecular complexity index is 272. The summed E-state index contributed by atoms with van der Waals surface area (Å²) in [4.78, 5) is 4.27. The molecule has 0 saturated carbocycles. The Labute approximate surface area is 77.9 Å². The van der Waals surface area contributed by atoms with E-state index in [0.29, 0.717) is 5.92 Å². The van der Waals surface area contributed by atoms with Crippen molar-refractivity contribution in [1.29, 1.82) is 0 Å². The maximum absolute atomic E-state index is 5.15. The summed E-state index contributed by atoms with van der Waals surface area (Å²) in [5, 5.41) is 3.36. The first-order valence-electron chi connectivity index (χ1n) is 4.60. The Hall–Kier alpha value is -0.870. The van der Waals surface area contributed by atoms with Gasteiger partial charge in [0.1, 0.15) is 5.82 Å². The Morgan fingerprint density at radius 2 is 2.69 bits per heavy atom. The van der Waals surface area contributed by atoms with Gasteiger partial charge in [-0.25, -0.2) is 4.98 Å². The van der Waals surface area contributed by atoms with Crippen LogP contribution in [-0.2, 0) is 17.8 Å². The number of imidazole rings is 1. The van der Waals surface area contributed by atoms with E-state index in [1.54, 1.807) is 7.11 Å². The number of hydrogen-bond donors (Lipinski definition) is 1. The standard InChI is InChI=1S/C9H15N3O/c1-13-7-8-4-10-5-9-11-2-3-12(9)6-8/h2-3,8,10H,4-7H2,1H3. The fourth-order valence-electron chi connectivity index (χ4n) is 1.75. The van der Waals surface area contributed by atoms with Gasteiger partial charge in [-0.2, -0.15) is 0 Å². The molecule has 1 atom stereocenters. The van der Waals surface area contributed by atoms with Gasteiger partial charge in [-0.3, -0.25) is 0 Å². The van der Waals surface area contributed by atoms with E-state index in [2.05, 4.69) is 14.9 Å². The third-order valence-electron chi connectivity index (χ3n) is 2.38. The molecule has 0 bridgehead atoms. The lowest BCUT2D eigenvalue weighted by atomic mass is 10.1. The smallest absolute Gasteiger partial charge is 0.122 e. The van der Waals surface area contributed by atoms with Crippen LogP contribution in [0.25, 0.3) is 0 Å². The normalized spacial score (nSPS) is 22.4. The first-order chi connectivity index (χ1) is 6.40. The Kier molecular flexibility index (Phi) is 2.61. The van der Waals surface area contributed by atoms with Crippen LogP contribution in [0.2, 0.25) is 0 Å². The van der Waals surface area contributed by atoms with Gasteiger partial charge in [-0.1, -0.05) is 0 Å². The predicted molar refractivity (Wildman–Crippen MR) is 49.3 cm³/mol. The topological polar surface area (TPSA) is 39.1 Å². The molecule has 4 heteroatoms. The summed E-state index contributed by atoms with van der Waals surface area (Å²) in [5.41, 5.74) is 0. The van der Waals surface area contributed by atoms with Crippen molar-refractivity contribution in [3.63, 3.8) is 0 Å². The molecular formula is C9H15N3O. The second-order valence-electron chi connectivity index (χ2n) is 3.45. The molecule has 1 aliphatic heterocycles. The van der Waals surface area contributed by atoms with Crippen LogP contribution in [0.5, 0.6) is 0 Å². The Balaban J connectivity index is 2.07. The van der Waals surface area contributed by atoms with Crippen molar-refractivity contribution >= 4 is 0 Å². The van der Waals surface area contributed by atoms with Crippen molar-refractivity contribution < 1.29 is 4.74 Å². The zero-order chi connectivity index (χ0) is 9.10. The fourth-order valence-corrected chi connectivity index (χ4v) is 1.75. The van der Waals surface area contributed by atoms with Crippen LogP contribution in [0.1, 0.15) is 5.82 Å². The summed E-state index contributed by atoms with van der Waals surface area (Å²) < 4.78 is 7.35. The van der Waals surface area contributed by atoms with Gasteiger partial charge in [0.05, 0.1) is 13.2 Å². The SMILES string of the molecule is COCC1CNCc2nccn2C1. The molecule has 0 fully saturated rings. The summed E-state index contributed by atoms with van der Waals surface area (Å²) in [6, 6.07) is 0. The zero-order valence-corrected chi connectivity index (χ0v) is 7.86. The van der Waals surface area contributed by atoms with Crippen molar-refractivity contribution in [1.82, 2.24) is 14.9 Å². The van der Waals surface area contributed by atoms with Crippen molar-refractivity contribution in [2.75, 3.05) is 20.3 Å². The van der Waals surface area contributed by atoms with Crippen LogP contribution in [0.15, 0.2) is 12.4 Å². The van der Waals surface area contributed by atoms with Gasteiger partial charge < -0.3 is 14.6 Å². The molecule has 1 aliphatic rings. The Morgan fingerprint density at radius 1 is 1.77 bits per heavy atom. The minimum atomic E-state index is 0.556. The average molecular weight is 181 g/mol. The first-order valence-corrected chi connectivity index (χ1v) is 4.60. The van der Waals surface area contributed by atoms with Gasteiger partial charge in [0.2, 0.25) is 0 Å². The number of nitrogens with one attached hydrogen (secondary N) is 1. The number of hydrogen-bond acceptors (Lipinski definition) is 3. The lowest BCUT2D eigenvalue weighted by Crippen LogP contribution is -2.24. The highest BCUT2D eigenvalue weighted by atomic mass is 16.5. The number of methoxy groups -OCH3 is 1. The number of fused-ring (bicyclic) bond motifs is 1. The van der Waals surface area contributed by atoms with Gasteiger partial charge in [0.25, 0.3) is 0 Å². The summed E-state index contributed by atoms with van der Waals surface area (Å²) in [7, 11) is 1.75. The van der Waals surface area contributed by atoms with E-state index in [0.717, 1.165) is 32.1 Å². The van der Waals surface area contributed by atoms with Crippen LogP contribution >= 0.6 is 0 Å². The van der Waals surface area contributed by atoms with E-state index in [9.17, 15) is 0 Å². The number of ether oxygens (including phenoxy) is 1. The minimum absolute atomic E-state index is 0.556. The molecule has 2 heterocycles. The molecule has 0 saturated heterocycles. The third kappa shape index (κ3) is 1.89. The van der Waals surface area contributed by atoms with E-state index in [1.807, 2.05) is 12.4 Å². The van der Waals surface area contributed by atoms with Crippen molar-refractivity contribution in [3.8, 4) is 0 Å². The van der Waals surface area contributed by atoms with E-state index in [1.165, 1.54) is 0 Å². The van der Waals surface area contributed by atoms with Gasteiger partial charge in [0, 0.05) is 38.5 Å². The zero-order valence-electron chi connectivity index (χ0n) is 7.86. The monoisotopic (exact) mass is 181 g/mol. The summed E-state index contributed by atoms with van der Waals surface area (Å²) in [5.74, 6) is 1.68. The number of rotatable bonds is 2. The van der Waals surface area contributed by atoms with E-state index >= 15 is 0 Å². The molecule has 72 valence electrons. The molecule has 2 rings (SSSR count). The second-order valence-corrected chi connectivity index (χ2v) is 3.45. The average Bonchev–Trinajstić information content (AvgIpc) is 2.46. The number of aromatic nitrogens is 2. The number of nitrogens with zero attached hydrogens (tertiary/aromatic N) is 2. The van der Waals surface area contributed by atoms with Crippen molar-refractivity contribution in [2.45, 2.75) is 13.1 Å². The highest BCUT2D eigenvalue weighted by Gasteiger charge is 2.15. The first kappa shape index (κ1) is 8.72. The van der Waals surface area contributed by atoms with Gasteiger partial charge in [-0.05, 0) is 0 Å². The summed E-state index contributed by atoms with van der Waals surface area (Å²) in [6.07, 6.45) is 3.89. The van der Waals surface area contributed by atoms with Crippen LogP contribution in [-0.4, -0.2) is 29.8 Å². The maximum Gasteiger partial charge on any atom is 0.122 e. The lowest BCUT2D eigenvalue weighted by Gasteiger charge is -2.13. The Morgan fingerprint density at radius 3 is 3.54 bits per heavy atom. The molecule has 0 amide bonds. The fraction of sp³-hybridized carbons (Fsp3) is 0.667. The van der Waals surface area contributed by atoms with Crippen molar-refractivity contribution in [2.24, 2.45) is 5.92 Å². The molecule has 4 nitrogen and oxygen atoms in total. The van der Waals surface area contributed by atoms with Crippen molar-refractivity contribution in [3.05, 3.63) is 18.2 Å². The van der Waals surface area contributed by atoms with Gasteiger partial charge in [-0.15, -0.1) is 0 Å². The molecule has 0 aromatic carbocycles. The maximum atomic E-state index is 5.15. The molecule has 1 aromatic rings. The van der Waals surface area contributed by atoms with E-state index < -0.39 is 0 Å². The van der Waals surface area contributed by atoms with Crippen LogP contribution in [0.3, 0.4) is 0 Å². The van der Waals surface area contributed by atoms with E-state index in [4.69, 9.17) is 4.74 Å². The molecule has 1 unspecified atom stereocenters. The van der Waals surface area contributed by atoms with Crippen LogP contribution < -0.4 is 5.32 Å². The van der Waals surface area contributed by atoms with Crippen LogP contribution in [0.4, 0.5) is 0 Å². The molecule has 1 N–H and O–H groups in total. The summed E-state index contributed by atoms with van der Waals surface area (Å²) >= 11 is 0. The highest BCUT2D eigenvalue weighted by Crippen LogP contribution is 2.08. The van der Waals surface area contributed by atoms with Crippen LogP contribution in [0, 0.1) is 5.92 Å². The van der Waals surface area contributed by atoms with E-state index in [-0.39, 0.29) is 0 Å². The molecular weight excluding hydrogens is 166 g/mol. The molecule has 0 aliphatic carbocycles.